The van der Waals surface area contributed by atoms with Crippen molar-refractivity contribution in [2.45, 2.75) is 6.04 Å². The van der Waals surface area contributed by atoms with E-state index in [2.05, 4.69) is 35.8 Å². The van der Waals surface area contributed by atoms with Gasteiger partial charge in [0.2, 0.25) is 5.95 Å². The number of hydrogen-bond acceptors (Lipinski definition) is 5. The maximum Gasteiger partial charge on any atom is 0.325 e. The molecule has 1 aliphatic heterocycles. The van der Waals surface area contributed by atoms with E-state index >= 15 is 0 Å². The number of aromatic nitrogens is 3. The van der Waals surface area contributed by atoms with Crippen molar-refractivity contribution in [3.63, 3.8) is 0 Å². The molecule has 0 saturated carbocycles. The van der Waals surface area contributed by atoms with Crippen LogP contribution in [0, 0.1) is 0 Å². The first-order valence-electron chi connectivity index (χ1n) is 8.39. The zero-order valence-corrected chi connectivity index (χ0v) is 15.6. The summed E-state index contributed by atoms with van der Waals surface area (Å²) in [6.45, 7) is 2.65. The summed E-state index contributed by atoms with van der Waals surface area (Å²) >= 11 is 3.34. The minimum Gasteiger partial charge on any atom is -0.480 e. The number of nitrogens with zero attached hydrogens (tertiary/aromatic N) is 4. The molecule has 1 aromatic carbocycles. The highest BCUT2D eigenvalue weighted by Gasteiger charge is 2.32. The smallest absolute Gasteiger partial charge is 0.325 e. The lowest BCUT2D eigenvalue weighted by Gasteiger charge is -2.37. The number of anilines is 1. The Kier molecular flexibility index (Phi) is 4.60. The van der Waals surface area contributed by atoms with E-state index in [1.165, 1.54) is 0 Å². The van der Waals surface area contributed by atoms with Gasteiger partial charge in [0, 0.05) is 61.2 Å². The van der Waals surface area contributed by atoms with E-state index in [9.17, 15) is 9.90 Å². The Morgan fingerprint density at radius 1 is 1.15 bits per heavy atom. The third-order valence-corrected chi connectivity index (χ3v) is 5.13. The van der Waals surface area contributed by atoms with Crippen LogP contribution < -0.4 is 4.90 Å². The summed E-state index contributed by atoms with van der Waals surface area (Å²) in [5.74, 6) is -0.157. The van der Waals surface area contributed by atoms with Gasteiger partial charge in [-0.2, -0.15) is 0 Å². The fourth-order valence-corrected chi connectivity index (χ4v) is 3.66. The number of carbonyl (C=O) groups is 1. The van der Waals surface area contributed by atoms with Crippen LogP contribution in [0.4, 0.5) is 5.95 Å². The predicted octanol–water partition coefficient (Wildman–Crippen LogP) is 2.67. The zero-order valence-electron chi connectivity index (χ0n) is 14.0. The molecule has 3 aromatic rings. The second-order valence-electron chi connectivity index (χ2n) is 6.25. The first kappa shape index (κ1) is 17.0. The van der Waals surface area contributed by atoms with Gasteiger partial charge in [-0.1, -0.05) is 18.2 Å². The molecule has 1 fully saturated rings. The molecule has 0 spiro atoms. The molecule has 0 bridgehead atoms. The SMILES string of the molecule is O=C(O)[C@@H](c1c[nH]c2ccccc12)N1CCN(c2ncc(Br)cn2)CC1. The predicted molar refractivity (Wildman–Crippen MR) is 102 cm³/mol. The third kappa shape index (κ3) is 3.17. The molecule has 134 valence electrons. The van der Waals surface area contributed by atoms with E-state index in [1.807, 2.05) is 35.4 Å². The molecule has 26 heavy (non-hydrogen) atoms. The average Bonchev–Trinajstić information content (AvgIpc) is 3.07. The van der Waals surface area contributed by atoms with Crippen molar-refractivity contribution in [2.24, 2.45) is 0 Å². The number of H-pyrrole nitrogens is 1. The molecule has 0 aliphatic carbocycles. The average molecular weight is 416 g/mol. The van der Waals surface area contributed by atoms with Crippen molar-refractivity contribution < 1.29 is 9.90 Å². The molecule has 2 aromatic heterocycles. The highest BCUT2D eigenvalue weighted by atomic mass is 79.9. The van der Waals surface area contributed by atoms with Crippen LogP contribution in [-0.4, -0.2) is 57.1 Å². The van der Waals surface area contributed by atoms with Crippen LogP contribution in [0.25, 0.3) is 10.9 Å². The Labute approximate surface area is 158 Å². The number of aliphatic carboxylic acids is 1. The largest absolute Gasteiger partial charge is 0.480 e. The minimum absolute atomic E-state index is 0.635. The number of rotatable bonds is 4. The molecule has 0 radical (unpaired) electrons. The van der Waals surface area contributed by atoms with Crippen LogP contribution in [0.2, 0.25) is 0 Å². The number of piperazine rings is 1. The van der Waals surface area contributed by atoms with Crippen LogP contribution in [0.3, 0.4) is 0 Å². The zero-order chi connectivity index (χ0) is 18.1. The van der Waals surface area contributed by atoms with Crippen LogP contribution in [0.1, 0.15) is 11.6 Å². The van der Waals surface area contributed by atoms with Crippen molar-refractivity contribution in [3.05, 3.63) is 52.9 Å². The van der Waals surface area contributed by atoms with E-state index in [0.29, 0.717) is 32.1 Å². The van der Waals surface area contributed by atoms with Crippen molar-refractivity contribution in [3.8, 4) is 0 Å². The van der Waals surface area contributed by atoms with Crippen molar-refractivity contribution in [2.75, 3.05) is 31.1 Å². The number of nitrogens with one attached hydrogen (secondary N) is 1. The van der Waals surface area contributed by atoms with E-state index < -0.39 is 12.0 Å². The molecule has 1 saturated heterocycles. The molecular formula is C18H18BrN5O2. The summed E-state index contributed by atoms with van der Waals surface area (Å²) in [7, 11) is 0. The quantitative estimate of drug-likeness (QED) is 0.681. The van der Waals surface area contributed by atoms with Crippen LogP contribution >= 0.6 is 15.9 Å². The Morgan fingerprint density at radius 3 is 2.54 bits per heavy atom. The Morgan fingerprint density at radius 2 is 1.85 bits per heavy atom. The highest BCUT2D eigenvalue weighted by molar-refractivity contribution is 9.10. The number of benzene rings is 1. The summed E-state index contributed by atoms with van der Waals surface area (Å²) in [6.07, 6.45) is 5.26. The molecule has 7 nitrogen and oxygen atoms in total. The summed E-state index contributed by atoms with van der Waals surface area (Å²) in [4.78, 5) is 27.9. The first-order valence-corrected chi connectivity index (χ1v) is 9.18. The monoisotopic (exact) mass is 415 g/mol. The molecular weight excluding hydrogens is 398 g/mol. The van der Waals surface area contributed by atoms with Crippen LogP contribution in [0.15, 0.2) is 47.3 Å². The summed E-state index contributed by atoms with van der Waals surface area (Å²) in [5, 5.41) is 10.8. The second kappa shape index (κ2) is 7.05. The standard InChI is InChI=1S/C18H18BrN5O2/c19-12-9-21-18(22-10-12)24-7-5-23(6-8-24)16(17(25)26)14-11-20-15-4-2-1-3-13(14)15/h1-4,9-11,16,20H,5-8H2,(H,25,26)/t16-/m1/s1. The number of carboxylic acids is 1. The number of hydrogen-bond donors (Lipinski definition) is 2. The lowest BCUT2D eigenvalue weighted by atomic mass is 10.0. The van der Waals surface area contributed by atoms with Gasteiger partial charge >= 0.3 is 5.97 Å². The fraction of sp³-hybridized carbons (Fsp3) is 0.278. The van der Waals surface area contributed by atoms with Gasteiger partial charge in [-0.25, -0.2) is 9.97 Å². The maximum atomic E-state index is 12.0. The number of para-hydroxylation sites is 1. The number of fused-ring (bicyclic) bond motifs is 1. The van der Waals surface area contributed by atoms with E-state index in [0.717, 1.165) is 20.9 Å². The van der Waals surface area contributed by atoms with Gasteiger partial charge in [0.15, 0.2) is 0 Å². The third-order valence-electron chi connectivity index (χ3n) is 4.72. The summed E-state index contributed by atoms with van der Waals surface area (Å²) < 4.78 is 0.838. The molecule has 0 amide bonds. The van der Waals surface area contributed by atoms with Gasteiger partial charge in [-0.15, -0.1) is 0 Å². The number of carboxylic acid groups (broad SMARTS) is 1. The molecule has 3 heterocycles. The molecule has 4 rings (SSSR count). The van der Waals surface area contributed by atoms with E-state index in [4.69, 9.17) is 0 Å². The Hall–Kier alpha value is -2.45. The fourth-order valence-electron chi connectivity index (χ4n) is 3.45. The van der Waals surface area contributed by atoms with Gasteiger partial charge in [0.05, 0.1) is 4.47 Å². The normalized spacial score (nSPS) is 16.7. The van der Waals surface area contributed by atoms with Gasteiger partial charge in [0.25, 0.3) is 0 Å². The summed E-state index contributed by atoms with van der Waals surface area (Å²) in [6, 6.07) is 7.12. The van der Waals surface area contributed by atoms with Gasteiger partial charge in [0.1, 0.15) is 6.04 Å². The van der Waals surface area contributed by atoms with Gasteiger partial charge < -0.3 is 15.0 Å². The molecule has 2 N–H and O–H groups in total. The first-order chi connectivity index (χ1) is 12.6. The van der Waals surface area contributed by atoms with E-state index in [1.54, 1.807) is 12.4 Å². The maximum absolute atomic E-state index is 12.0. The minimum atomic E-state index is -0.830. The van der Waals surface area contributed by atoms with Gasteiger partial charge in [-0.05, 0) is 22.0 Å². The molecule has 0 unspecified atom stereocenters. The lowest BCUT2D eigenvalue weighted by Crippen LogP contribution is -2.49. The number of aromatic amines is 1. The highest BCUT2D eigenvalue weighted by Crippen LogP contribution is 2.29. The number of halogens is 1. The Balaban J connectivity index is 1.54. The Bertz CT molecular complexity index is 919. The van der Waals surface area contributed by atoms with Crippen LogP contribution in [-0.2, 0) is 4.79 Å². The summed E-state index contributed by atoms with van der Waals surface area (Å²) in [5.41, 5.74) is 1.76. The second-order valence-corrected chi connectivity index (χ2v) is 7.17. The van der Waals surface area contributed by atoms with Crippen molar-refractivity contribution >= 4 is 38.8 Å². The van der Waals surface area contributed by atoms with Crippen molar-refractivity contribution in [1.82, 2.24) is 19.9 Å². The lowest BCUT2D eigenvalue weighted by molar-refractivity contribution is -0.143. The molecule has 1 aliphatic rings. The van der Waals surface area contributed by atoms with Crippen molar-refractivity contribution in [1.29, 1.82) is 0 Å². The van der Waals surface area contributed by atoms with Crippen LogP contribution in [0.5, 0.6) is 0 Å². The topological polar surface area (TPSA) is 85.4 Å². The van der Waals surface area contributed by atoms with Gasteiger partial charge in [-0.3, -0.25) is 9.69 Å². The van der Waals surface area contributed by atoms with E-state index in [-0.39, 0.29) is 0 Å². The molecule has 1 atom stereocenters. The molecule has 8 heteroatoms.